The maximum absolute atomic E-state index is 12.5. The number of anilines is 1. The molecule has 2 atom stereocenters. The van der Waals surface area contributed by atoms with Gasteiger partial charge in [0, 0.05) is 31.2 Å². The summed E-state index contributed by atoms with van der Waals surface area (Å²) in [5.41, 5.74) is 2.14. The van der Waals surface area contributed by atoms with E-state index in [1.807, 2.05) is 12.1 Å². The van der Waals surface area contributed by atoms with Crippen molar-refractivity contribution in [1.29, 1.82) is 0 Å². The van der Waals surface area contributed by atoms with Gasteiger partial charge in [0.05, 0.1) is 6.26 Å². The molecule has 0 spiro atoms. The summed E-state index contributed by atoms with van der Waals surface area (Å²) >= 11 is 0. The van der Waals surface area contributed by atoms with E-state index in [9.17, 15) is 13.2 Å². The number of aryl methyl sites for hydroxylation is 1. The van der Waals surface area contributed by atoms with Crippen molar-refractivity contribution < 1.29 is 13.2 Å². The molecular formula is C23H37N3O3S. The van der Waals surface area contributed by atoms with E-state index in [4.69, 9.17) is 0 Å². The highest BCUT2D eigenvalue weighted by Crippen LogP contribution is 2.28. The van der Waals surface area contributed by atoms with Crippen molar-refractivity contribution in [1.82, 2.24) is 9.21 Å². The number of amides is 1. The van der Waals surface area contributed by atoms with E-state index in [1.165, 1.54) is 42.1 Å². The molecule has 0 aromatic heterocycles. The molecule has 2 aliphatic rings. The lowest BCUT2D eigenvalue weighted by atomic mass is 9.83. The highest BCUT2D eigenvalue weighted by Gasteiger charge is 2.29. The first-order chi connectivity index (χ1) is 14.3. The smallest absolute Gasteiger partial charge is 0.227 e. The van der Waals surface area contributed by atoms with Crippen molar-refractivity contribution in [3.63, 3.8) is 0 Å². The van der Waals surface area contributed by atoms with Crippen LogP contribution in [0.2, 0.25) is 0 Å². The number of likely N-dealkylation sites (tertiary alicyclic amines) is 1. The van der Waals surface area contributed by atoms with E-state index in [0.29, 0.717) is 25.9 Å². The Hall–Kier alpha value is -1.44. The van der Waals surface area contributed by atoms with Crippen molar-refractivity contribution in [3.8, 4) is 0 Å². The van der Waals surface area contributed by atoms with Crippen LogP contribution in [0.25, 0.3) is 0 Å². The monoisotopic (exact) mass is 435 g/mol. The predicted octanol–water partition coefficient (Wildman–Crippen LogP) is 3.21. The number of benzene rings is 1. The lowest BCUT2D eigenvalue weighted by Gasteiger charge is -2.36. The predicted molar refractivity (Wildman–Crippen MR) is 122 cm³/mol. The molecule has 30 heavy (non-hydrogen) atoms. The quantitative estimate of drug-likeness (QED) is 0.714. The van der Waals surface area contributed by atoms with Gasteiger partial charge in [-0.05, 0) is 74.7 Å². The zero-order valence-electron chi connectivity index (χ0n) is 18.6. The molecule has 1 aromatic carbocycles. The van der Waals surface area contributed by atoms with Gasteiger partial charge in [-0.25, -0.2) is 12.7 Å². The summed E-state index contributed by atoms with van der Waals surface area (Å²) in [6.45, 7) is 9.06. The van der Waals surface area contributed by atoms with E-state index in [-0.39, 0.29) is 11.8 Å². The van der Waals surface area contributed by atoms with Crippen LogP contribution in [0.5, 0.6) is 0 Å². The molecule has 0 saturated carbocycles. The molecule has 0 radical (unpaired) electrons. The maximum Gasteiger partial charge on any atom is 0.227 e. The maximum atomic E-state index is 12.5. The second-order valence-electron chi connectivity index (χ2n) is 9.08. The van der Waals surface area contributed by atoms with Crippen LogP contribution < -0.4 is 5.32 Å². The number of nitrogens with one attached hydrogen (secondary N) is 1. The van der Waals surface area contributed by atoms with Crippen molar-refractivity contribution in [3.05, 3.63) is 29.8 Å². The first-order valence-corrected chi connectivity index (χ1v) is 13.2. The molecule has 6 nitrogen and oxygen atoms in total. The summed E-state index contributed by atoms with van der Waals surface area (Å²) in [4.78, 5) is 15.1. The number of hydrogen-bond acceptors (Lipinski definition) is 4. The molecule has 1 aromatic rings. The lowest BCUT2D eigenvalue weighted by molar-refractivity contribution is -0.120. The van der Waals surface area contributed by atoms with Gasteiger partial charge in [0.25, 0.3) is 0 Å². The van der Waals surface area contributed by atoms with Crippen LogP contribution in [0.4, 0.5) is 5.69 Å². The normalized spacial score (nSPS) is 24.6. The van der Waals surface area contributed by atoms with Crippen LogP contribution >= 0.6 is 0 Å². The van der Waals surface area contributed by atoms with Gasteiger partial charge in [0.2, 0.25) is 15.9 Å². The van der Waals surface area contributed by atoms with E-state index in [1.54, 1.807) is 0 Å². The molecule has 0 unspecified atom stereocenters. The first-order valence-electron chi connectivity index (χ1n) is 11.3. The summed E-state index contributed by atoms with van der Waals surface area (Å²) < 4.78 is 24.7. The molecule has 1 amide bonds. The van der Waals surface area contributed by atoms with Gasteiger partial charge in [-0.3, -0.25) is 4.79 Å². The lowest BCUT2D eigenvalue weighted by Crippen LogP contribution is -2.40. The number of carbonyl (C=O) groups is 1. The first kappa shape index (κ1) is 23.2. The summed E-state index contributed by atoms with van der Waals surface area (Å²) in [7, 11) is -3.16. The Morgan fingerprint density at radius 3 is 2.33 bits per heavy atom. The topological polar surface area (TPSA) is 69.7 Å². The second-order valence-corrected chi connectivity index (χ2v) is 11.1. The molecule has 2 saturated heterocycles. The van der Waals surface area contributed by atoms with Gasteiger partial charge in [-0.2, -0.15) is 0 Å². The largest absolute Gasteiger partial charge is 0.326 e. The third-order valence-electron chi connectivity index (χ3n) is 6.93. The Balaban J connectivity index is 1.44. The molecule has 2 fully saturated rings. The van der Waals surface area contributed by atoms with Crippen LogP contribution in [0.15, 0.2) is 24.3 Å². The number of nitrogens with zero attached hydrogens (tertiary/aromatic N) is 2. The third-order valence-corrected chi connectivity index (χ3v) is 8.24. The molecule has 2 aliphatic heterocycles. The molecule has 3 rings (SSSR count). The second kappa shape index (κ2) is 10.2. The fourth-order valence-corrected chi connectivity index (χ4v) is 5.67. The van der Waals surface area contributed by atoms with Crippen molar-refractivity contribution >= 4 is 21.6 Å². The van der Waals surface area contributed by atoms with Crippen molar-refractivity contribution in [2.45, 2.75) is 46.0 Å². The molecule has 0 aliphatic carbocycles. The Morgan fingerprint density at radius 1 is 1.10 bits per heavy atom. The highest BCUT2D eigenvalue weighted by atomic mass is 32.2. The minimum atomic E-state index is -3.16. The summed E-state index contributed by atoms with van der Waals surface area (Å²) in [6, 6.07) is 8.21. The molecular weight excluding hydrogens is 398 g/mol. The number of hydrogen-bond donors (Lipinski definition) is 1. The van der Waals surface area contributed by atoms with E-state index in [2.05, 4.69) is 36.2 Å². The van der Waals surface area contributed by atoms with Crippen LogP contribution in [0, 0.1) is 17.8 Å². The van der Waals surface area contributed by atoms with Crippen LogP contribution in [-0.4, -0.2) is 62.5 Å². The highest BCUT2D eigenvalue weighted by molar-refractivity contribution is 7.88. The Bertz CT molecular complexity index is 801. The van der Waals surface area contributed by atoms with Gasteiger partial charge in [0.15, 0.2) is 0 Å². The zero-order chi connectivity index (χ0) is 21.7. The number of carbonyl (C=O) groups excluding carboxylic acids is 1. The fourth-order valence-electron chi connectivity index (χ4n) is 4.80. The summed E-state index contributed by atoms with van der Waals surface area (Å²) in [6.07, 6.45) is 5.98. The third kappa shape index (κ3) is 6.28. The zero-order valence-corrected chi connectivity index (χ0v) is 19.5. The minimum Gasteiger partial charge on any atom is -0.326 e. The van der Waals surface area contributed by atoms with E-state index < -0.39 is 10.0 Å². The van der Waals surface area contributed by atoms with Gasteiger partial charge in [0.1, 0.15) is 0 Å². The van der Waals surface area contributed by atoms with Crippen molar-refractivity contribution in [2.75, 3.05) is 44.3 Å². The average molecular weight is 436 g/mol. The number of piperidine rings is 2. The Labute approximate surface area is 182 Å². The average Bonchev–Trinajstić information content (AvgIpc) is 2.73. The van der Waals surface area contributed by atoms with Crippen LogP contribution in [-0.2, 0) is 21.2 Å². The standard InChI is InChI=1S/C23H37N3O3S/c1-4-25-14-11-20(18(2)17-25)8-5-19-6-9-22(10-7-19)24-23(27)21-12-15-26(16-13-21)30(3,28)29/h6-7,9-10,18,20-21H,4-5,8,11-17H2,1-3H3,(H,24,27)/t18-,20-/m1/s1. The van der Waals surface area contributed by atoms with E-state index in [0.717, 1.165) is 30.5 Å². The molecule has 2 heterocycles. The fraction of sp³-hybridized carbons (Fsp3) is 0.696. The molecule has 7 heteroatoms. The summed E-state index contributed by atoms with van der Waals surface area (Å²) in [5, 5.41) is 3.00. The van der Waals surface area contributed by atoms with Crippen LogP contribution in [0.3, 0.4) is 0 Å². The van der Waals surface area contributed by atoms with Crippen LogP contribution in [0.1, 0.15) is 45.1 Å². The Morgan fingerprint density at radius 2 is 1.77 bits per heavy atom. The van der Waals surface area contributed by atoms with Crippen molar-refractivity contribution in [2.24, 2.45) is 17.8 Å². The van der Waals surface area contributed by atoms with Gasteiger partial charge < -0.3 is 10.2 Å². The van der Waals surface area contributed by atoms with Gasteiger partial charge in [-0.15, -0.1) is 0 Å². The van der Waals surface area contributed by atoms with E-state index >= 15 is 0 Å². The number of sulfonamides is 1. The Kier molecular flexibility index (Phi) is 7.93. The molecule has 0 bridgehead atoms. The SMILES string of the molecule is CCN1CC[C@@H](CCc2ccc(NC(=O)C3CCN(S(C)(=O)=O)CC3)cc2)[C@H](C)C1. The summed E-state index contributed by atoms with van der Waals surface area (Å²) in [5.74, 6) is 1.42. The number of rotatable bonds is 7. The van der Waals surface area contributed by atoms with Gasteiger partial charge >= 0.3 is 0 Å². The molecule has 1 N–H and O–H groups in total. The van der Waals surface area contributed by atoms with Gasteiger partial charge in [-0.1, -0.05) is 26.0 Å². The molecule has 168 valence electrons. The minimum absolute atomic E-state index is 0.00703.